The van der Waals surface area contributed by atoms with E-state index in [1.165, 1.54) is 6.26 Å². The van der Waals surface area contributed by atoms with E-state index < -0.39 is 5.41 Å². The fraction of sp³-hybridized carbons (Fsp3) is 0.375. The second kappa shape index (κ2) is 2.42. The van der Waals surface area contributed by atoms with Crippen molar-refractivity contribution in [3.63, 3.8) is 0 Å². The molecule has 0 aliphatic rings. The standard InChI is InChI=1S/C8H11NO2/c1-8(2,7(9)10)6-4-3-5-11-6/h3-5H,1-2H3,(H2,9,10). The Hall–Kier alpha value is -1.25. The molecule has 0 saturated heterocycles. The van der Waals surface area contributed by atoms with Crippen LogP contribution in [0.3, 0.4) is 0 Å². The smallest absolute Gasteiger partial charge is 0.230 e. The molecular weight excluding hydrogens is 142 g/mol. The lowest BCUT2D eigenvalue weighted by atomic mass is 9.90. The largest absolute Gasteiger partial charge is 0.468 e. The van der Waals surface area contributed by atoms with Crippen LogP contribution in [0.2, 0.25) is 0 Å². The Balaban J connectivity index is 3.00. The summed E-state index contributed by atoms with van der Waals surface area (Å²) >= 11 is 0. The predicted molar refractivity (Wildman–Crippen MR) is 40.9 cm³/mol. The number of nitrogens with two attached hydrogens (primary N) is 1. The lowest BCUT2D eigenvalue weighted by molar-refractivity contribution is -0.122. The summed E-state index contributed by atoms with van der Waals surface area (Å²) in [6.07, 6.45) is 1.53. The zero-order chi connectivity index (χ0) is 8.48. The van der Waals surface area contributed by atoms with E-state index in [2.05, 4.69) is 0 Å². The van der Waals surface area contributed by atoms with Gasteiger partial charge in [-0.1, -0.05) is 0 Å². The molecule has 1 heterocycles. The minimum absolute atomic E-state index is 0.382. The molecule has 1 rings (SSSR count). The van der Waals surface area contributed by atoms with Crippen LogP contribution in [-0.4, -0.2) is 5.91 Å². The van der Waals surface area contributed by atoms with Gasteiger partial charge >= 0.3 is 0 Å². The van der Waals surface area contributed by atoms with Crippen molar-refractivity contribution in [3.05, 3.63) is 24.2 Å². The maximum atomic E-state index is 10.9. The van der Waals surface area contributed by atoms with E-state index in [-0.39, 0.29) is 5.91 Å². The highest BCUT2D eigenvalue weighted by atomic mass is 16.3. The van der Waals surface area contributed by atoms with Crippen LogP contribution < -0.4 is 5.73 Å². The Morgan fingerprint density at radius 2 is 2.27 bits per heavy atom. The second-order valence-electron chi connectivity index (χ2n) is 2.97. The first-order valence-corrected chi connectivity index (χ1v) is 3.39. The maximum absolute atomic E-state index is 10.9. The summed E-state index contributed by atoms with van der Waals surface area (Å²) < 4.78 is 5.06. The fourth-order valence-corrected chi connectivity index (χ4v) is 0.756. The molecule has 11 heavy (non-hydrogen) atoms. The summed E-state index contributed by atoms with van der Waals surface area (Å²) in [5.74, 6) is 0.220. The van der Waals surface area contributed by atoms with E-state index in [1.807, 2.05) is 0 Å². The SMILES string of the molecule is CC(C)(C(N)=O)c1ccco1. The van der Waals surface area contributed by atoms with Gasteiger partial charge in [0.05, 0.1) is 6.26 Å². The normalized spacial score (nSPS) is 11.5. The molecule has 2 N–H and O–H groups in total. The molecule has 60 valence electrons. The average Bonchev–Trinajstić information content (AvgIpc) is 2.37. The second-order valence-corrected chi connectivity index (χ2v) is 2.97. The number of carbonyl (C=O) groups excluding carboxylic acids is 1. The summed E-state index contributed by atoms with van der Waals surface area (Å²) in [6.45, 7) is 3.46. The van der Waals surface area contributed by atoms with Crippen LogP contribution in [0.4, 0.5) is 0 Å². The van der Waals surface area contributed by atoms with Crippen molar-refractivity contribution in [2.75, 3.05) is 0 Å². The van der Waals surface area contributed by atoms with Crippen molar-refractivity contribution in [3.8, 4) is 0 Å². The summed E-state index contributed by atoms with van der Waals surface area (Å²) in [5, 5.41) is 0. The molecular formula is C8H11NO2. The molecule has 0 spiro atoms. The molecule has 0 bridgehead atoms. The molecule has 0 unspecified atom stereocenters. The highest BCUT2D eigenvalue weighted by Crippen LogP contribution is 2.22. The molecule has 0 fully saturated rings. The molecule has 1 amide bonds. The molecule has 0 aromatic carbocycles. The number of rotatable bonds is 2. The van der Waals surface area contributed by atoms with Gasteiger partial charge in [-0.2, -0.15) is 0 Å². The minimum Gasteiger partial charge on any atom is -0.468 e. The van der Waals surface area contributed by atoms with Gasteiger partial charge in [-0.3, -0.25) is 4.79 Å². The van der Waals surface area contributed by atoms with E-state index in [9.17, 15) is 4.79 Å². The van der Waals surface area contributed by atoms with Crippen LogP contribution >= 0.6 is 0 Å². The van der Waals surface area contributed by atoms with Crippen LogP contribution in [0.5, 0.6) is 0 Å². The first-order valence-electron chi connectivity index (χ1n) is 3.39. The van der Waals surface area contributed by atoms with Gasteiger partial charge in [-0.05, 0) is 26.0 Å². The third-order valence-electron chi connectivity index (χ3n) is 1.75. The first-order chi connectivity index (χ1) is 5.05. The fourth-order valence-electron chi connectivity index (χ4n) is 0.756. The van der Waals surface area contributed by atoms with Gasteiger partial charge in [-0.25, -0.2) is 0 Å². The highest BCUT2D eigenvalue weighted by molar-refractivity contribution is 5.84. The number of furan rings is 1. The van der Waals surface area contributed by atoms with Crippen LogP contribution in [0.15, 0.2) is 22.8 Å². The summed E-state index contributed by atoms with van der Waals surface area (Å²) in [6, 6.07) is 3.48. The van der Waals surface area contributed by atoms with Crippen molar-refractivity contribution >= 4 is 5.91 Å². The Kier molecular flexibility index (Phi) is 1.72. The van der Waals surface area contributed by atoms with Gasteiger partial charge in [0, 0.05) is 0 Å². The van der Waals surface area contributed by atoms with E-state index in [0.717, 1.165) is 0 Å². The zero-order valence-electron chi connectivity index (χ0n) is 6.63. The van der Waals surface area contributed by atoms with Gasteiger partial charge in [-0.15, -0.1) is 0 Å². The molecule has 0 aliphatic carbocycles. The third-order valence-corrected chi connectivity index (χ3v) is 1.75. The number of hydrogen-bond donors (Lipinski definition) is 1. The van der Waals surface area contributed by atoms with Crippen LogP contribution in [0.1, 0.15) is 19.6 Å². The molecule has 3 heteroatoms. The molecule has 1 aromatic rings. The number of carbonyl (C=O) groups is 1. The van der Waals surface area contributed by atoms with Crippen LogP contribution in [0, 0.1) is 0 Å². The first kappa shape index (κ1) is 7.85. The van der Waals surface area contributed by atoms with Crippen molar-refractivity contribution < 1.29 is 9.21 Å². The topological polar surface area (TPSA) is 56.2 Å². The molecule has 0 saturated carbocycles. The van der Waals surface area contributed by atoms with Crippen LogP contribution in [-0.2, 0) is 10.2 Å². The minimum atomic E-state index is -0.705. The van der Waals surface area contributed by atoms with E-state index in [0.29, 0.717) is 5.76 Å². The Bertz CT molecular complexity index is 249. The Labute approximate surface area is 65.2 Å². The van der Waals surface area contributed by atoms with Gasteiger partial charge in [0.1, 0.15) is 11.2 Å². The van der Waals surface area contributed by atoms with Crippen molar-refractivity contribution in [2.24, 2.45) is 5.73 Å². The van der Waals surface area contributed by atoms with Crippen LogP contribution in [0.25, 0.3) is 0 Å². The van der Waals surface area contributed by atoms with Crippen molar-refractivity contribution in [2.45, 2.75) is 19.3 Å². The molecule has 3 nitrogen and oxygen atoms in total. The molecule has 0 atom stereocenters. The third kappa shape index (κ3) is 1.27. The van der Waals surface area contributed by atoms with E-state index >= 15 is 0 Å². The number of hydrogen-bond acceptors (Lipinski definition) is 2. The molecule has 1 aromatic heterocycles. The van der Waals surface area contributed by atoms with Crippen molar-refractivity contribution in [1.82, 2.24) is 0 Å². The zero-order valence-corrected chi connectivity index (χ0v) is 6.63. The van der Waals surface area contributed by atoms with Gasteiger partial charge < -0.3 is 10.2 Å². The average molecular weight is 153 g/mol. The molecule has 0 aliphatic heterocycles. The number of primary amides is 1. The Morgan fingerprint density at radius 3 is 2.64 bits per heavy atom. The quantitative estimate of drug-likeness (QED) is 0.690. The number of amides is 1. The maximum Gasteiger partial charge on any atom is 0.230 e. The van der Waals surface area contributed by atoms with E-state index in [4.69, 9.17) is 10.2 Å². The lowest BCUT2D eigenvalue weighted by Crippen LogP contribution is -2.34. The monoisotopic (exact) mass is 153 g/mol. The summed E-state index contributed by atoms with van der Waals surface area (Å²) in [7, 11) is 0. The highest BCUT2D eigenvalue weighted by Gasteiger charge is 2.29. The predicted octanol–water partition coefficient (Wildman–Crippen LogP) is 1.04. The van der Waals surface area contributed by atoms with Gasteiger partial charge in [0.15, 0.2) is 0 Å². The Morgan fingerprint density at radius 1 is 1.64 bits per heavy atom. The van der Waals surface area contributed by atoms with Gasteiger partial charge in [0.25, 0.3) is 0 Å². The molecule has 0 radical (unpaired) electrons. The summed E-state index contributed by atoms with van der Waals surface area (Å²) in [4.78, 5) is 10.9. The summed E-state index contributed by atoms with van der Waals surface area (Å²) in [5.41, 5.74) is 4.46. The van der Waals surface area contributed by atoms with Gasteiger partial charge in [0.2, 0.25) is 5.91 Å². The lowest BCUT2D eigenvalue weighted by Gasteiger charge is -2.16. The van der Waals surface area contributed by atoms with E-state index in [1.54, 1.807) is 26.0 Å². The van der Waals surface area contributed by atoms with Crippen molar-refractivity contribution in [1.29, 1.82) is 0 Å².